The van der Waals surface area contributed by atoms with E-state index < -0.39 is 15.6 Å². The molecule has 4 aromatic rings. The van der Waals surface area contributed by atoms with Crippen LogP contribution in [0.4, 0.5) is 11.5 Å². The minimum Gasteiger partial charge on any atom is -0.337 e. The van der Waals surface area contributed by atoms with Crippen molar-refractivity contribution in [3.63, 3.8) is 0 Å². The number of aromatic nitrogens is 3. The van der Waals surface area contributed by atoms with Crippen LogP contribution in [0.3, 0.4) is 0 Å². The second-order valence-electron chi connectivity index (χ2n) is 10.4. The third-order valence-electron chi connectivity index (χ3n) is 7.71. The van der Waals surface area contributed by atoms with E-state index in [-0.39, 0.29) is 22.7 Å². The van der Waals surface area contributed by atoms with Crippen molar-refractivity contribution >= 4 is 32.4 Å². The fourth-order valence-electron chi connectivity index (χ4n) is 5.38. The number of fused-ring (bicyclic) bond motifs is 1. The lowest BCUT2D eigenvalue weighted by Gasteiger charge is -2.41. The van der Waals surface area contributed by atoms with Crippen LogP contribution in [0.5, 0.6) is 0 Å². The second-order valence-corrected chi connectivity index (χ2v) is 12.5. The van der Waals surface area contributed by atoms with E-state index in [1.807, 2.05) is 22.9 Å². The van der Waals surface area contributed by atoms with Gasteiger partial charge in [0.05, 0.1) is 29.2 Å². The minimum absolute atomic E-state index is 0.0773. The van der Waals surface area contributed by atoms with Gasteiger partial charge in [0.25, 0.3) is 5.56 Å². The van der Waals surface area contributed by atoms with Crippen molar-refractivity contribution < 1.29 is 8.42 Å². The molecule has 2 N–H and O–H groups in total. The Hall–Kier alpha value is -3.98. The molecule has 208 valence electrons. The number of piperidine rings is 1. The van der Waals surface area contributed by atoms with Gasteiger partial charge in [0.15, 0.2) is 5.82 Å². The van der Waals surface area contributed by atoms with E-state index in [0.717, 1.165) is 30.4 Å². The van der Waals surface area contributed by atoms with E-state index >= 15 is 0 Å². The Balaban J connectivity index is 1.49. The number of rotatable bonds is 9. The molecule has 0 atom stereocenters. The SMILES string of the molecule is CN(C)S(=O)(=O)c1ccccc1Nc1nn(C2(CC#N)CCN(CCc3ccccc3)CC2)c2cc[nH]c(=O)c12. The highest BCUT2D eigenvalue weighted by Crippen LogP contribution is 2.38. The molecule has 10 nitrogen and oxygen atoms in total. The number of anilines is 2. The molecule has 1 aliphatic heterocycles. The number of nitriles is 1. The van der Waals surface area contributed by atoms with Crippen molar-refractivity contribution in [2.24, 2.45) is 0 Å². The maximum absolute atomic E-state index is 13.1. The highest BCUT2D eigenvalue weighted by molar-refractivity contribution is 7.89. The van der Waals surface area contributed by atoms with E-state index in [9.17, 15) is 18.5 Å². The summed E-state index contributed by atoms with van der Waals surface area (Å²) in [5, 5.41) is 18.2. The summed E-state index contributed by atoms with van der Waals surface area (Å²) in [7, 11) is -0.813. The number of likely N-dealkylation sites (tertiary alicyclic amines) is 1. The van der Waals surface area contributed by atoms with E-state index in [1.54, 1.807) is 30.5 Å². The quantitative estimate of drug-likeness (QED) is 0.320. The molecule has 0 unspecified atom stereocenters. The lowest BCUT2D eigenvalue weighted by molar-refractivity contribution is 0.107. The molecule has 0 amide bonds. The molecule has 3 heterocycles. The first-order chi connectivity index (χ1) is 19.2. The van der Waals surface area contributed by atoms with Gasteiger partial charge in [-0.3, -0.25) is 9.48 Å². The van der Waals surface area contributed by atoms with Crippen LogP contribution in [0.1, 0.15) is 24.8 Å². The first-order valence-corrected chi connectivity index (χ1v) is 14.7. The van der Waals surface area contributed by atoms with Gasteiger partial charge in [-0.2, -0.15) is 10.4 Å². The standard InChI is InChI=1S/C29H33N7O3S/c1-34(2)40(38,39)25-11-7-6-10-23(25)32-27-26-24(12-18-31-28(26)37)36(33-27)29(14-17-30)15-20-35(21-16-29)19-13-22-8-4-3-5-9-22/h3-12,18H,13-16,19-21H2,1-2H3,(H,31,37)(H,32,33). The number of H-pyrrole nitrogens is 1. The van der Waals surface area contributed by atoms with Gasteiger partial charge in [-0.15, -0.1) is 0 Å². The summed E-state index contributed by atoms with van der Waals surface area (Å²) in [4.78, 5) is 18.3. The summed E-state index contributed by atoms with van der Waals surface area (Å²) in [5.74, 6) is 0.252. The van der Waals surface area contributed by atoms with Gasteiger partial charge in [0.2, 0.25) is 10.0 Å². The molecule has 1 fully saturated rings. The lowest BCUT2D eigenvalue weighted by Crippen LogP contribution is -2.47. The number of sulfonamides is 1. The van der Waals surface area contributed by atoms with Crippen molar-refractivity contribution in [1.82, 2.24) is 24.0 Å². The van der Waals surface area contributed by atoms with Crippen molar-refractivity contribution in [2.75, 3.05) is 39.0 Å². The molecule has 0 bridgehead atoms. The van der Waals surface area contributed by atoms with Crippen LogP contribution in [-0.2, 0) is 22.0 Å². The van der Waals surface area contributed by atoms with Gasteiger partial charge in [-0.1, -0.05) is 42.5 Å². The van der Waals surface area contributed by atoms with Crippen LogP contribution in [0.2, 0.25) is 0 Å². The normalized spacial score (nSPS) is 15.8. The summed E-state index contributed by atoms with van der Waals surface area (Å²) < 4.78 is 28.9. The maximum atomic E-state index is 13.1. The fourth-order valence-corrected chi connectivity index (χ4v) is 6.42. The number of pyridine rings is 1. The van der Waals surface area contributed by atoms with Crippen molar-refractivity contribution in [2.45, 2.75) is 36.1 Å². The van der Waals surface area contributed by atoms with Crippen LogP contribution in [0.25, 0.3) is 10.9 Å². The Bertz CT molecular complexity index is 1700. The smallest absolute Gasteiger partial charge is 0.261 e. The Morgan fingerprint density at radius 2 is 1.77 bits per heavy atom. The molecule has 5 rings (SSSR count). The average molecular weight is 560 g/mol. The number of benzene rings is 2. The highest BCUT2D eigenvalue weighted by Gasteiger charge is 2.39. The number of nitrogens with zero attached hydrogens (tertiary/aromatic N) is 5. The zero-order valence-corrected chi connectivity index (χ0v) is 23.5. The molecule has 0 saturated carbocycles. The summed E-state index contributed by atoms with van der Waals surface area (Å²) in [6.45, 7) is 2.52. The third-order valence-corrected chi connectivity index (χ3v) is 9.58. The zero-order valence-electron chi connectivity index (χ0n) is 22.7. The number of nitrogens with one attached hydrogen (secondary N) is 2. The predicted octanol–water partition coefficient (Wildman–Crippen LogP) is 3.67. The van der Waals surface area contributed by atoms with Gasteiger partial charge < -0.3 is 15.2 Å². The maximum Gasteiger partial charge on any atom is 0.261 e. The molecular weight excluding hydrogens is 526 g/mol. The van der Waals surface area contributed by atoms with Crippen LogP contribution in [0, 0.1) is 11.3 Å². The van der Waals surface area contributed by atoms with E-state index in [2.05, 4.69) is 33.4 Å². The number of hydrogen-bond donors (Lipinski definition) is 2. The van der Waals surface area contributed by atoms with Crippen molar-refractivity contribution in [3.8, 4) is 6.07 Å². The largest absolute Gasteiger partial charge is 0.337 e. The number of aromatic amines is 1. The molecule has 0 aliphatic carbocycles. The van der Waals surface area contributed by atoms with Crippen LogP contribution in [-0.4, -0.2) is 66.1 Å². The van der Waals surface area contributed by atoms with Gasteiger partial charge in [-0.25, -0.2) is 12.7 Å². The summed E-state index contributed by atoms with van der Waals surface area (Å²) in [6.07, 6.45) is 4.17. The van der Waals surface area contributed by atoms with E-state index in [0.29, 0.717) is 29.4 Å². The Morgan fingerprint density at radius 1 is 1.07 bits per heavy atom. The van der Waals surface area contributed by atoms with Crippen LogP contribution >= 0.6 is 0 Å². The number of para-hydroxylation sites is 1. The van der Waals surface area contributed by atoms with Crippen LogP contribution < -0.4 is 10.9 Å². The molecule has 0 spiro atoms. The zero-order chi connectivity index (χ0) is 28.3. The Morgan fingerprint density at radius 3 is 2.48 bits per heavy atom. The molecule has 40 heavy (non-hydrogen) atoms. The average Bonchev–Trinajstić information content (AvgIpc) is 3.33. The van der Waals surface area contributed by atoms with Gasteiger partial charge in [0, 0.05) is 39.9 Å². The molecule has 0 radical (unpaired) electrons. The molecular formula is C29H33N7O3S. The molecule has 2 aromatic heterocycles. The molecule has 11 heteroatoms. The topological polar surface area (TPSA) is 127 Å². The lowest BCUT2D eigenvalue weighted by atomic mass is 9.84. The first-order valence-electron chi connectivity index (χ1n) is 13.3. The summed E-state index contributed by atoms with van der Waals surface area (Å²) in [6, 6.07) is 21.1. The summed E-state index contributed by atoms with van der Waals surface area (Å²) in [5.41, 5.74) is 1.27. The van der Waals surface area contributed by atoms with E-state index in [4.69, 9.17) is 5.10 Å². The van der Waals surface area contributed by atoms with Gasteiger partial charge in [0.1, 0.15) is 10.3 Å². The molecule has 1 aliphatic rings. The van der Waals surface area contributed by atoms with Crippen molar-refractivity contribution in [1.29, 1.82) is 5.26 Å². The fraction of sp³-hybridized carbons (Fsp3) is 0.345. The Labute approximate surface area is 233 Å². The Kier molecular flexibility index (Phi) is 7.76. The van der Waals surface area contributed by atoms with Gasteiger partial charge >= 0.3 is 0 Å². The third kappa shape index (κ3) is 5.25. The first kappa shape index (κ1) is 27.6. The van der Waals surface area contributed by atoms with E-state index in [1.165, 1.54) is 25.7 Å². The van der Waals surface area contributed by atoms with Crippen LogP contribution in [0.15, 0.2) is 76.6 Å². The second kappa shape index (κ2) is 11.3. The van der Waals surface area contributed by atoms with Crippen molar-refractivity contribution in [3.05, 3.63) is 82.8 Å². The highest BCUT2D eigenvalue weighted by atomic mass is 32.2. The molecule has 1 saturated heterocycles. The monoisotopic (exact) mass is 559 g/mol. The predicted molar refractivity (Wildman–Crippen MR) is 155 cm³/mol. The minimum atomic E-state index is -3.76. The molecule has 2 aromatic carbocycles. The van der Waals surface area contributed by atoms with Gasteiger partial charge in [-0.05, 0) is 43.0 Å². The number of hydrogen-bond acceptors (Lipinski definition) is 7. The summed E-state index contributed by atoms with van der Waals surface area (Å²) >= 11 is 0.